The first kappa shape index (κ1) is 24.5. The van der Waals surface area contributed by atoms with E-state index in [0.29, 0.717) is 0 Å². The van der Waals surface area contributed by atoms with Gasteiger partial charge < -0.3 is 15.5 Å². The molecular formula is C22H42N6. The van der Waals surface area contributed by atoms with E-state index in [2.05, 4.69) is 66.6 Å². The maximum absolute atomic E-state index is 4.90. The molecule has 1 atom stereocenters. The summed E-state index contributed by atoms with van der Waals surface area (Å²) in [5.41, 5.74) is 1.18. The molecule has 0 radical (unpaired) electrons. The van der Waals surface area contributed by atoms with Crippen molar-refractivity contribution >= 4 is 11.7 Å². The number of allylic oxidation sites excluding steroid dienone is 3. The molecule has 0 aliphatic carbocycles. The average molecular weight is 391 g/mol. The van der Waals surface area contributed by atoms with Gasteiger partial charge >= 0.3 is 0 Å². The van der Waals surface area contributed by atoms with Gasteiger partial charge in [0.25, 0.3) is 0 Å². The normalized spacial score (nSPS) is 23.7. The zero-order chi connectivity index (χ0) is 20.8. The molecule has 1 fully saturated rings. The lowest BCUT2D eigenvalue weighted by molar-refractivity contribution is 0.270. The fourth-order valence-electron chi connectivity index (χ4n) is 3.14. The monoisotopic (exact) mass is 390 g/mol. The van der Waals surface area contributed by atoms with Crippen LogP contribution in [0.15, 0.2) is 33.8 Å². The highest BCUT2D eigenvalue weighted by Gasteiger charge is 2.23. The van der Waals surface area contributed by atoms with E-state index in [0.717, 1.165) is 70.3 Å². The van der Waals surface area contributed by atoms with Crippen LogP contribution >= 0.6 is 0 Å². The average Bonchev–Trinajstić information content (AvgIpc) is 2.69. The number of hydrogen-bond acceptors (Lipinski definition) is 5. The molecule has 6 heteroatoms. The van der Waals surface area contributed by atoms with Gasteiger partial charge in [-0.05, 0) is 40.4 Å². The van der Waals surface area contributed by atoms with Crippen LogP contribution in [0.1, 0.15) is 40.5 Å². The molecule has 1 unspecified atom stereocenters. The van der Waals surface area contributed by atoms with Crippen LogP contribution in [0.25, 0.3) is 0 Å². The largest absolute Gasteiger partial charge is 0.328 e. The summed E-state index contributed by atoms with van der Waals surface area (Å²) in [7, 11) is 4.21. The van der Waals surface area contributed by atoms with Gasteiger partial charge in [-0.3, -0.25) is 14.9 Å². The molecule has 2 aliphatic rings. The highest BCUT2D eigenvalue weighted by Crippen LogP contribution is 2.14. The van der Waals surface area contributed by atoms with Gasteiger partial charge in [-0.1, -0.05) is 39.0 Å². The second-order valence-corrected chi connectivity index (χ2v) is 7.25. The number of amidine groups is 2. The Bertz CT molecular complexity index is 541. The van der Waals surface area contributed by atoms with E-state index >= 15 is 0 Å². The molecule has 28 heavy (non-hydrogen) atoms. The Hall–Kier alpha value is -1.50. The van der Waals surface area contributed by atoms with Gasteiger partial charge in [-0.2, -0.15) is 0 Å². The molecule has 6 nitrogen and oxygen atoms in total. The zero-order valence-corrected chi connectivity index (χ0v) is 19.0. The Morgan fingerprint density at radius 1 is 1.25 bits per heavy atom. The Balaban J connectivity index is 0.00000190. The van der Waals surface area contributed by atoms with Gasteiger partial charge in [-0.15, -0.1) is 0 Å². The highest BCUT2D eigenvalue weighted by molar-refractivity contribution is 6.12. The Morgan fingerprint density at radius 2 is 1.96 bits per heavy atom. The van der Waals surface area contributed by atoms with Crippen LogP contribution in [-0.4, -0.2) is 87.4 Å². The summed E-state index contributed by atoms with van der Waals surface area (Å²) in [6, 6.07) is 0.142. The third-order valence-electron chi connectivity index (χ3n) is 4.60. The fraction of sp³-hybridized carbons (Fsp3) is 0.727. The minimum atomic E-state index is 0.142. The van der Waals surface area contributed by atoms with Gasteiger partial charge in [0.1, 0.15) is 11.7 Å². The highest BCUT2D eigenvalue weighted by atomic mass is 15.2. The molecule has 0 aromatic heterocycles. The summed E-state index contributed by atoms with van der Waals surface area (Å²) in [5, 5.41) is 6.92. The van der Waals surface area contributed by atoms with E-state index in [4.69, 9.17) is 9.98 Å². The molecule has 2 heterocycles. The van der Waals surface area contributed by atoms with Gasteiger partial charge in [0.05, 0.1) is 12.6 Å². The second kappa shape index (κ2) is 14.5. The molecule has 2 N–H and O–H groups in total. The van der Waals surface area contributed by atoms with Crippen molar-refractivity contribution in [1.29, 1.82) is 0 Å². The molecule has 0 bridgehead atoms. The van der Waals surface area contributed by atoms with E-state index in [-0.39, 0.29) is 6.04 Å². The van der Waals surface area contributed by atoms with E-state index in [1.807, 2.05) is 13.8 Å². The van der Waals surface area contributed by atoms with Crippen molar-refractivity contribution in [1.82, 2.24) is 20.4 Å². The Morgan fingerprint density at radius 3 is 2.61 bits per heavy atom. The van der Waals surface area contributed by atoms with Crippen LogP contribution in [0.5, 0.6) is 0 Å². The lowest BCUT2D eigenvalue weighted by Gasteiger charge is -2.31. The summed E-state index contributed by atoms with van der Waals surface area (Å²) in [6.45, 7) is 15.4. The lowest BCUT2D eigenvalue weighted by atomic mass is 10.0. The fourth-order valence-corrected chi connectivity index (χ4v) is 3.14. The van der Waals surface area contributed by atoms with Crippen molar-refractivity contribution in [2.75, 3.05) is 59.9 Å². The minimum Gasteiger partial charge on any atom is -0.328 e. The van der Waals surface area contributed by atoms with Gasteiger partial charge in [0.2, 0.25) is 0 Å². The number of aliphatic imine (C=N–C) groups is 2. The van der Waals surface area contributed by atoms with Crippen LogP contribution in [-0.2, 0) is 0 Å². The van der Waals surface area contributed by atoms with E-state index in [1.54, 1.807) is 0 Å². The molecule has 1 saturated heterocycles. The summed E-state index contributed by atoms with van der Waals surface area (Å²) in [6.07, 6.45) is 8.56. The van der Waals surface area contributed by atoms with Crippen molar-refractivity contribution in [3.05, 3.63) is 23.8 Å². The van der Waals surface area contributed by atoms with Crippen molar-refractivity contribution in [2.45, 2.75) is 46.6 Å². The van der Waals surface area contributed by atoms with E-state index < -0.39 is 0 Å². The summed E-state index contributed by atoms with van der Waals surface area (Å²) in [4.78, 5) is 14.4. The summed E-state index contributed by atoms with van der Waals surface area (Å²) >= 11 is 0. The number of hydrogen-bond donors (Lipinski definition) is 2. The first-order chi connectivity index (χ1) is 13.6. The van der Waals surface area contributed by atoms with Crippen LogP contribution in [0.3, 0.4) is 0 Å². The molecule has 0 saturated carbocycles. The lowest BCUT2D eigenvalue weighted by Crippen LogP contribution is -2.50. The third-order valence-corrected chi connectivity index (χ3v) is 4.60. The quantitative estimate of drug-likeness (QED) is 0.626. The molecular weight excluding hydrogens is 348 g/mol. The molecule has 2 aliphatic heterocycles. The second-order valence-electron chi connectivity index (χ2n) is 7.25. The van der Waals surface area contributed by atoms with Crippen LogP contribution in [0.4, 0.5) is 0 Å². The third kappa shape index (κ3) is 9.13. The number of piperazine rings is 1. The predicted molar refractivity (Wildman–Crippen MR) is 124 cm³/mol. The maximum Gasteiger partial charge on any atom is 0.131 e. The van der Waals surface area contributed by atoms with Crippen LogP contribution in [0.2, 0.25) is 0 Å². The topological polar surface area (TPSA) is 55.3 Å². The predicted octanol–water partition coefficient (Wildman–Crippen LogP) is 2.55. The molecule has 2 rings (SSSR count). The van der Waals surface area contributed by atoms with E-state index in [1.165, 1.54) is 5.57 Å². The van der Waals surface area contributed by atoms with Crippen molar-refractivity contribution in [3.8, 4) is 0 Å². The number of rotatable bonds is 8. The van der Waals surface area contributed by atoms with Crippen molar-refractivity contribution in [2.24, 2.45) is 9.98 Å². The number of nitrogens with one attached hydrogen (secondary N) is 2. The standard InChI is InChI=1S/C20H36N6.C2H6/c1-5-6-7-9-18-17(2)23-19(16-26-14-11-21-12-15-26)24-20(18)22-10-8-13-25(3)4;1-2/h6-7,9,17,21H,5,8,10-16H2,1-4H3,(H,22,23,24);1-2H3/b7-6-,18-9+;. The minimum absolute atomic E-state index is 0.142. The van der Waals surface area contributed by atoms with Crippen LogP contribution in [0, 0.1) is 0 Å². The first-order valence-electron chi connectivity index (χ1n) is 10.9. The summed E-state index contributed by atoms with van der Waals surface area (Å²) in [5.74, 6) is 2.04. The summed E-state index contributed by atoms with van der Waals surface area (Å²) < 4.78 is 0. The first-order valence-corrected chi connectivity index (χ1v) is 10.9. The van der Waals surface area contributed by atoms with Crippen molar-refractivity contribution in [3.63, 3.8) is 0 Å². The molecule has 0 aromatic rings. The molecule has 0 amide bonds. The molecule has 0 spiro atoms. The SMILES string of the molecule is CC.CC/C=C\C=C1\C(=NCCCN(C)C)NC(CN2CCNCC2)=NC1C. The Labute approximate surface area is 172 Å². The van der Waals surface area contributed by atoms with E-state index in [9.17, 15) is 0 Å². The smallest absolute Gasteiger partial charge is 0.131 e. The van der Waals surface area contributed by atoms with Gasteiger partial charge in [0, 0.05) is 38.3 Å². The molecule has 0 aromatic carbocycles. The van der Waals surface area contributed by atoms with Gasteiger partial charge in [-0.25, -0.2) is 0 Å². The van der Waals surface area contributed by atoms with Gasteiger partial charge in [0.15, 0.2) is 0 Å². The maximum atomic E-state index is 4.90. The number of nitrogens with zero attached hydrogens (tertiary/aromatic N) is 4. The Kier molecular flexibility index (Phi) is 12.7. The molecule has 160 valence electrons. The van der Waals surface area contributed by atoms with Crippen molar-refractivity contribution < 1.29 is 0 Å². The van der Waals surface area contributed by atoms with Crippen LogP contribution < -0.4 is 10.6 Å². The zero-order valence-electron chi connectivity index (χ0n) is 19.0.